The van der Waals surface area contributed by atoms with Crippen molar-refractivity contribution >= 4 is 11.3 Å². The Kier molecular flexibility index (Phi) is 4.01. The van der Waals surface area contributed by atoms with E-state index < -0.39 is 0 Å². The average molecular weight is 316 g/mol. The molecule has 0 aliphatic carbocycles. The molecular weight excluding hydrogens is 296 g/mol. The molecular formula is C18H20O3S. The number of fused-ring (bicyclic) bond motifs is 3. The van der Waals surface area contributed by atoms with Crippen molar-refractivity contribution in [2.45, 2.75) is 51.0 Å². The van der Waals surface area contributed by atoms with Crippen LogP contribution in [0.15, 0.2) is 41.1 Å². The average Bonchev–Trinajstić information content (AvgIpc) is 3.20. The highest BCUT2D eigenvalue weighted by Gasteiger charge is 2.48. The lowest BCUT2D eigenvalue weighted by atomic mass is 9.94. The molecule has 2 aromatic rings. The zero-order valence-corrected chi connectivity index (χ0v) is 13.4. The third-order valence-corrected chi connectivity index (χ3v) is 5.26. The van der Waals surface area contributed by atoms with Crippen LogP contribution in [0, 0.1) is 0 Å². The maximum Gasteiger partial charge on any atom is 0.117 e. The minimum absolute atomic E-state index is 0.00140. The Morgan fingerprint density at radius 2 is 2.18 bits per heavy atom. The normalized spacial score (nSPS) is 30.0. The molecule has 0 radical (unpaired) electrons. The summed E-state index contributed by atoms with van der Waals surface area (Å²) < 4.78 is 18.6. The summed E-state index contributed by atoms with van der Waals surface area (Å²) in [5.74, 6) is 0. The van der Waals surface area contributed by atoms with Gasteiger partial charge in [0.1, 0.15) is 18.3 Å². The molecule has 4 atom stereocenters. The zero-order chi connectivity index (χ0) is 14.9. The van der Waals surface area contributed by atoms with E-state index >= 15 is 0 Å². The van der Waals surface area contributed by atoms with Crippen LogP contribution in [0.25, 0.3) is 0 Å². The van der Waals surface area contributed by atoms with Crippen molar-refractivity contribution in [3.05, 3.63) is 57.8 Å². The Hall–Kier alpha value is -1.20. The van der Waals surface area contributed by atoms with Gasteiger partial charge in [0.2, 0.25) is 0 Å². The molecule has 2 aliphatic rings. The van der Waals surface area contributed by atoms with Gasteiger partial charge in [0.25, 0.3) is 0 Å². The molecule has 116 valence electrons. The molecule has 4 heteroatoms. The molecule has 1 aromatic carbocycles. The molecule has 22 heavy (non-hydrogen) atoms. The Labute approximate surface area is 134 Å². The highest BCUT2D eigenvalue weighted by atomic mass is 32.1. The number of benzene rings is 1. The van der Waals surface area contributed by atoms with Gasteiger partial charge >= 0.3 is 0 Å². The number of hydrogen-bond acceptors (Lipinski definition) is 4. The third-order valence-electron chi connectivity index (χ3n) is 4.53. The fraction of sp³-hybridized carbons (Fsp3) is 0.444. The van der Waals surface area contributed by atoms with E-state index in [0.717, 1.165) is 6.42 Å². The molecule has 2 aliphatic heterocycles. The highest BCUT2D eigenvalue weighted by Crippen LogP contribution is 2.43. The summed E-state index contributed by atoms with van der Waals surface area (Å²) in [4.78, 5) is 0. The molecule has 0 spiro atoms. The lowest BCUT2D eigenvalue weighted by Gasteiger charge is -2.30. The Balaban J connectivity index is 1.55. The summed E-state index contributed by atoms with van der Waals surface area (Å²) in [6.07, 6.45) is 1.04. The summed E-state index contributed by atoms with van der Waals surface area (Å²) in [6.45, 7) is 3.42. The molecule has 1 aromatic heterocycles. The first kappa shape index (κ1) is 14.4. The van der Waals surface area contributed by atoms with Crippen molar-refractivity contribution in [3.8, 4) is 0 Å². The van der Waals surface area contributed by atoms with Crippen LogP contribution in [0.2, 0.25) is 0 Å². The van der Waals surface area contributed by atoms with Crippen LogP contribution in [0.4, 0.5) is 0 Å². The number of rotatable bonds is 4. The van der Waals surface area contributed by atoms with E-state index in [4.69, 9.17) is 14.2 Å². The van der Waals surface area contributed by atoms with Gasteiger partial charge in [-0.1, -0.05) is 31.2 Å². The predicted molar refractivity (Wildman–Crippen MR) is 85.8 cm³/mol. The van der Waals surface area contributed by atoms with E-state index in [9.17, 15) is 0 Å². The fourth-order valence-electron chi connectivity index (χ4n) is 3.39. The zero-order valence-electron chi connectivity index (χ0n) is 12.6. The second kappa shape index (κ2) is 6.13. The van der Waals surface area contributed by atoms with Crippen LogP contribution in [0.1, 0.15) is 36.1 Å². The second-order valence-corrected chi connectivity index (χ2v) is 6.67. The maximum atomic E-state index is 6.28. The first-order valence-electron chi connectivity index (χ1n) is 7.84. The van der Waals surface area contributed by atoms with Crippen LogP contribution in [0.5, 0.6) is 0 Å². The van der Waals surface area contributed by atoms with E-state index in [1.165, 1.54) is 16.7 Å². The third kappa shape index (κ3) is 2.50. The summed E-state index contributed by atoms with van der Waals surface area (Å²) in [6, 6.07) is 10.5. The summed E-state index contributed by atoms with van der Waals surface area (Å²) in [5.41, 5.74) is 3.72. The smallest absolute Gasteiger partial charge is 0.117 e. The Morgan fingerprint density at radius 3 is 3.00 bits per heavy atom. The van der Waals surface area contributed by atoms with Crippen LogP contribution >= 0.6 is 11.3 Å². The first-order chi connectivity index (χ1) is 10.9. The predicted octanol–water partition coefficient (Wildman–Crippen LogP) is 4.08. The SMILES string of the molecule is CC[C@H]1O[C@@H]2c3ccccc3CO[C@@H]2[C@H]1OCc1ccsc1. The second-order valence-electron chi connectivity index (χ2n) is 5.89. The first-order valence-corrected chi connectivity index (χ1v) is 8.78. The molecule has 0 N–H and O–H groups in total. The largest absolute Gasteiger partial charge is 0.368 e. The molecule has 0 amide bonds. The van der Waals surface area contributed by atoms with Crippen molar-refractivity contribution in [2.24, 2.45) is 0 Å². The quantitative estimate of drug-likeness (QED) is 0.850. The van der Waals surface area contributed by atoms with Crippen LogP contribution in [-0.2, 0) is 27.4 Å². The van der Waals surface area contributed by atoms with Gasteiger partial charge in [-0.2, -0.15) is 11.3 Å². The van der Waals surface area contributed by atoms with Gasteiger partial charge in [0, 0.05) is 0 Å². The lowest BCUT2D eigenvalue weighted by Crippen LogP contribution is -2.37. The molecule has 1 saturated heterocycles. The van der Waals surface area contributed by atoms with E-state index in [2.05, 4.69) is 48.0 Å². The van der Waals surface area contributed by atoms with E-state index in [1.54, 1.807) is 11.3 Å². The summed E-state index contributed by atoms with van der Waals surface area (Å²) in [5, 5.41) is 4.21. The topological polar surface area (TPSA) is 27.7 Å². The van der Waals surface area contributed by atoms with E-state index in [1.807, 2.05) is 0 Å². The number of hydrogen-bond donors (Lipinski definition) is 0. The molecule has 3 nitrogen and oxygen atoms in total. The van der Waals surface area contributed by atoms with Gasteiger partial charge in [-0.05, 0) is 39.9 Å². The standard InChI is InChI=1S/C18H20O3S/c1-2-15-17(19-9-12-7-8-22-11-12)18-16(21-15)14-6-4-3-5-13(14)10-20-18/h3-8,11,15-18H,2,9-10H2,1H3/t15-,16-,17+,18+/m1/s1. The van der Waals surface area contributed by atoms with Gasteiger partial charge in [-0.15, -0.1) is 0 Å². The van der Waals surface area contributed by atoms with E-state index in [-0.39, 0.29) is 24.4 Å². The minimum atomic E-state index is -0.00140. The molecule has 3 heterocycles. The van der Waals surface area contributed by atoms with Gasteiger partial charge in [0.05, 0.1) is 19.3 Å². The van der Waals surface area contributed by atoms with Crippen molar-refractivity contribution in [3.63, 3.8) is 0 Å². The lowest BCUT2D eigenvalue weighted by molar-refractivity contribution is -0.0861. The number of ether oxygens (including phenoxy) is 3. The van der Waals surface area contributed by atoms with Gasteiger partial charge < -0.3 is 14.2 Å². The fourth-order valence-corrected chi connectivity index (χ4v) is 4.04. The van der Waals surface area contributed by atoms with Crippen LogP contribution in [-0.4, -0.2) is 18.3 Å². The van der Waals surface area contributed by atoms with Crippen molar-refractivity contribution in [2.75, 3.05) is 0 Å². The highest BCUT2D eigenvalue weighted by molar-refractivity contribution is 7.07. The summed E-state index contributed by atoms with van der Waals surface area (Å²) in [7, 11) is 0. The monoisotopic (exact) mass is 316 g/mol. The van der Waals surface area contributed by atoms with Crippen molar-refractivity contribution in [1.29, 1.82) is 0 Å². The van der Waals surface area contributed by atoms with Gasteiger partial charge in [-0.3, -0.25) is 0 Å². The Bertz CT molecular complexity index is 625. The molecule has 1 fully saturated rings. The van der Waals surface area contributed by atoms with Crippen molar-refractivity contribution < 1.29 is 14.2 Å². The molecule has 0 bridgehead atoms. The number of thiophene rings is 1. The molecule has 0 saturated carbocycles. The Morgan fingerprint density at radius 1 is 1.27 bits per heavy atom. The maximum absolute atomic E-state index is 6.28. The van der Waals surface area contributed by atoms with Gasteiger partial charge in [-0.25, -0.2) is 0 Å². The van der Waals surface area contributed by atoms with Gasteiger partial charge in [0.15, 0.2) is 0 Å². The minimum Gasteiger partial charge on any atom is -0.368 e. The van der Waals surface area contributed by atoms with Crippen molar-refractivity contribution in [1.82, 2.24) is 0 Å². The van der Waals surface area contributed by atoms with Crippen LogP contribution < -0.4 is 0 Å². The summed E-state index contributed by atoms with van der Waals surface area (Å²) >= 11 is 1.70. The van der Waals surface area contributed by atoms with E-state index in [0.29, 0.717) is 13.2 Å². The molecule has 4 rings (SSSR count). The van der Waals surface area contributed by atoms with Crippen LogP contribution in [0.3, 0.4) is 0 Å². The molecule has 0 unspecified atom stereocenters.